The Kier molecular flexibility index (Phi) is 2.76. The van der Waals surface area contributed by atoms with E-state index in [2.05, 4.69) is 0 Å². The Morgan fingerprint density at radius 2 is 1.79 bits per heavy atom. The molecule has 0 fully saturated rings. The number of rotatable bonds is 2. The third kappa shape index (κ3) is 2.20. The number of hydrogen-bond acceptors (Lipinski definition) is 3. The van der Waals surface area contributed by atoms with Gasteiger partial charge in [0.1, 0.15) is 17.4 Å². The van der Waals surface area contributed by atoms with Crippen molar-refractivity contribution in [1.29, 1.82) is 0 Å². The lowest BCUT2D eigenvalue weighted by molar-refractivity contribution is 0.192. The molecular formula is C16H15NO2. The van der Waals surface area contributed by atoms with Crippen molar-refractivity contribution in [2.24, 2.45) is 0 Å². The maximum Gasteiger partial charge on any atom is 0.138 e. The first-order valence-electron chi connectivity index (χ1n) is 6.17. The molecule has 3 rings (SSSR count). The van der Waals surface area contributed by atoms with Gasteiger partial charge in [-0.3, -0.25) is 0 Å². The molecule has 1 aromatic heterocycles. The van der Waals surface area contributed by atoms with Gasteiger partial charge in [-0.05, 0) is 42.8 Å². The molecule has 0 spiro atoms. The van der Waals surface area contributed by atoms with Gasteiger partial charge in [0.25, 0.3) is 0 Å². The molecule has 3 aromatic rings. The highest BCUT2D eigenvalue weighted by atomic mass is 16.4. The average Bonchev–Trinajstić information content (AvgIpc) is 2.81. The van der Waals surface area contributed by atoms with Crippen LogP contribution in [-0.2, 0) is 0 Å². The molecule has 0 saturated carbocycles. The molecule has 0 saturated heterocycles. The minimum absolute atomic E-state index is 0.547. The topological polar surface area (TPSA) is 59.4 Å². The highest BCUT2D eigenvalue weighted by Crippen LogP contribution is 2.29. The number of hydrogen-bond donors (Lipinski definition) is 2. The van der Waals surface area contributed by atoms with Gasteiger partial charge in [-0.1, -0.05) is 23.8 Å². The van der Waals surface area contributed by atoms with Crippen LogP contribution in [0.3, 0.4) is 0 Å². The van der Waals surface area contributed by atoms with E-state index in [0.717, 1.165) is 16.5 Å². The number of nitrogen functional groups attached to an aromatic ring is 1. The molecule has 0 aliphatic rings. The number of fused-ring (bicyclic) bond motifs is 1. The van der Waals surface area contributed by atoms with E-state index >= 15 is 0 Å². The summed E-state index contributed by atoms with van der Waals surface area (Å²) < 4.78 is 5.69. The first kappa shape index (κ1) is 11.8. The smallest absolute Gasteiger partial charge is 0.138 e. The van der Waals surface area contributed by atoms with E-state index in [1.165, 1.54) is 5.56 Å². The zero-order valence-corrected chi connectivity index (χ0v) is 10.6. The molecule has 3 N–H and O–H groups in total. The average molecular weight is 253 g/mol. The van der Waals surface area contributed by atoms with Crippen molar-refractivity contribution in [3.8, 4) is 0 Å². The van der Waals surface area contributed by atoms with Gasteiger partial charge in [0.05, 0.1) is 0 Å². The molecular weight excluding hydrogens is 238 g/mol. The monoisotopic (exact) mass is 253 g/mol. The molecule has 19 heavy (non-hydrogen) atoms. The second kappa shape index (κ2) is 4.44. The Bertz CT molecular complexity index is 713. The van der Waals surface area contributed by atoms with Crippen LogP contribution >= 0.6 is 0 Å². The van der Waals surface area contributed by atoms with Crippen LogP contribution in [0.1, 0.15) is 23.0 Å². The SMILES string of the molecule is Cc1ccc2oc(C(O)c3ccc(N)cc3)cc2c1. The fourth-order valence-corrected chi connectivity index (χ4v) is 2.16. The van der Waals surface area contributed by atoms with Crippen LogP contribution in [0.15, 0.2) is 52.9 Å². The van der Waals surface area contributed by atoms with E-state index in [4.69, 9.17) is 10.2 Å². The second-order valence-electron chi connectivity index (χ2n) is 4.76. The van der Waals surface area contributed by atoms with E-state index in [1.54, 1.807) is 24.3 Å². The van der Waals surface area contributed by atoms with E-state index in [0.29, 0.717) is 11.4 Å². The number of anilines is 1. The van der Waals surface area contributed by atoms with Gasteiger partial charge in [-0.15, -0.1) is 0 Å². The van der Waals surface area contributed by atoms with Crippen LogP contribution in [0.25, 0.3) is 11.0 Å². The molecule has 0 bridgehead atoms. The molecule has 0 aliphatic carbocycles. The fraction of sp³-hybridized carbons (Fsp3) is 0.125. The van der Waals surface area contributed by atoms with Crippen LogP contribution in [0.5, 0.6) is 0 Å². The van der Waals surface area contributed by atoms with Gasteiger partial charge in [0.15, 0.2) is 0 Å². The van der Waals surface area contributed by atoms with Crippen LogP contribution in [-0.4, -0.2) is 5.11 Å². The minimum Gasteiger partial charge on any atom is -0.458 e. The van der Waals surface area contributed by atoms with Gasteiger partial charge in [-0.2, -0.15) is 0 Å². The maximum absolute atomic E-state index is 10.3. The van der Waals surface area contributed by atoms with Crippen molar-refractivity contribution < 1.29 is 9.52 Å². The summed E-state index contributed by atoms with van der Waals surface area (Å²) in [5.74, 6) is 0.547. The van der Waals surface area contributed by atoms with Gasteiger partial charge >= 0.3 is 0 Å². The molecule has 0 radical (unpaired) electrons. The van der Waals surface area contributed by atoms with Crippen LogP contribution in [0, 0.1) is 6.92 Å². The number of nitrogens with two attached hydrogens (primary N) is 1. The van der Waals surface area contributed by atoms with Crippen molar-refractivity contribution in [1.82, 2.24) is 0 Å². The first-order chi connectivity index (χ1) is 9.13. The molecule has 0 aliphatic heterocycles. The number of aryl methyl sites for hydroxylation is 1. The molecule has 2 aromatic carbocycles. The Morgan fingerprint density at radius 3 is 2.53 bits per heavy atom. The summed E-state index contributed by atoms with van der Waals surface area (Å²) in [5, 5.41) is 11.3. The summed E-state index contributed by atoms with van der Waals surface area (Å²) in [6, 6.07) is 15.0. The normalized spacial score (nSPS) is 12.7. The van der Waals surface area contributed by atoms with E-state index < -0.39 is 6.10 Å². The summed E-state index contributed by atoms with van der Waals surface area (Å²) >= 11 is 0. The number of benzene rings is 2. The Hall–Kier alpha value is -2.26. The highest BCUT2D eigenvalue weighted by molar-refractivity contribution is 5.78. The summed E-state index contributed by atoms with van der Waals surface area (Å²) in [4.78, 5) is 0. The summed E-state index contributed by atoms with van der Waals surface area (Å²) in [5.41, 5.74) is 9.04. The number of aliphatic hydroxyl groups is 1. The number of furan rings is 1. The molecule has 3 nitrogen and oxygen atoms in total. The summed E-state index contributed by atoms with van der Waals surface area (Å²) in [6.45, 7) is 2.03. The van der Waals surface area contributed by atoms with Gasteiger partial charge < -0.3 is 15.3 Å². The van der Waals surface area contributed by atoms with Crippen molar-refractivity contribution in [2.45, 2.75) is 13.0 Å². The van der Waals surface area contributed by atoms with Crippen LogP contribution < -0.4 is 5.73 Å². The third-order valence-corrected chi connectivity index (χ3v) is 3.21. The molecule has 3 heteroatoms. The van der Waals surface area contributed by atoms with Crippen molar-refractivity contribution >= 4 is 16.7 Å². The molecule has 96 valence electrons. The zero-order chi connectivity index (χ0) is 13.4. The van der Waals surface area contributed by atoms with Crippen molar-refractivity contribution in [2.75, 3.05) is 5.73 Å². The van der Waals surface area contributed by atoms with Gasteiger partial charge in [0, 0.05) is 11.1 Å². The lowest BCUT2D eigenvalue weighted by Gasteiger charge is -2.07. The quantitative estimate of drug-likeness (QED) is 0.688. The Morgan fingerprint density at radius 1 is 1.05 bits per heavy atom. The standard InChI is InChI=1S/C16H15NO2/c1-10-2-7-14-12(8-10)9-15(19-14)16(18)11-3-5-13(17)6-4-11/h2-9,16,18H,17H2,1H3. The van der Waals surface area contributed by atoms with E-state index in [-0.39, 0.29) is 0 Å². The summed E-state index contributed by atoms with van der Waals surface area (Å²) in [7, 11) is 0. The maximum atomic E-state index is 10.3. The molecule has 1 atom stereocenters. The Balaban J connectivity index is 2.01. The highest BCUT2D eigenvalue weighted by Gasteiger charge is 2.15. The zero-order valence-electron chi connectivity index (χ0n) is 10.6. The van der Waals surface area contributed by atoms with Crippen LogP contribution in [0.2, 0.25) is 0 Å². The molecule has 0 amide bonds. The lowest BCUT2D eigenvalue weighted by atomic mass is 10.1. The van der Waals surface area contributed by atoms with Crippen LogP contribution in [0.4, 0.5) is 5.69 Å². The molecule has 1 heterocycles. The predicted octanol–water partition coefficient (Wildman–Crippen LogP) is 3.41. The molecule has 1 unspecified atom stereocenters. The second-order valence-corrected chi connectivity index (χ2v) is 4.76. The van der Waals surface area contributed by atoms with Crippen molar-refractivity contribution in [3.05, 3.63) is 65.4 Å². The largest absolute Gasteiger partial charge is 0.458 e. The summed E-state index contributed by atoms with van der Waals surface area (Å²) in [6.07, 6.45) is -0.770. The van der Waals surface area contributed by atoms with E-state index in [1.807, 2.05) is 31.2 Å². The third-order valence-electron chi connectivity index (χ3n) is 3.21. The first-order valence-corrected chi connectivity index (χ1v) is 6.17. The van der Waals surface area contributed by atoms with Gasteiger partial charge in [0.2, 0.25) is 0 Å². The Labute approximate surface area is 111 Å². The predicted molar refractivity (Wildman–Crippen MR) is 75.9 cm³/mol. The number of aliphatic hydroxyl groups excluding tert-OH is 1. The van der Waals surface area contributed by atoms with Crippen molar-refractivity contribution in [3.63, 3.8) is 0 Å². The van der Waals surface area contributed by atoms with Gasteiger partial charge in [-0.25, -0.2) is 0 Å². The van der Waals surface area contributed by atoms with E-state index in [9.17, 15) is 5.11 Å². The fourth-order valence-electron chi connectivity index (χ4n) is 2.16. The minimum atomic E-state index is -0.770. The lowest BCUT2D eigenvalue weighted by Crippen LogP contribution is -1.98.